The van der Waals surface area contributed by atoms with Crippen molar-refractivity contribution in [2.45, 2.75) is 26.2 Å². The summed E-state index contributed by atoms with van der Waals surface area (Å²) in [6, 6.07) is 0. The minimum Gasteiger partial charge on any atom is -0.317 e. The van der Waals surface area contributed by atoms with Crippen LogP contribution in [0.1, 0.15) is 26.2 Å². The third kappa shape index (κ3) is 6.38. The van der Waals surface area contributed by atoms with Gasteiger partial charge < -0.3 is 10.2 Å². The van der Waals surface area contributed by atoms with Crippen LogP contribution in [0.5, 0.6) is 0 Å². The first kappa shape index (κ1) is 14.9. The highest BCUT2D eigenvalue weighted by atomic mass is 32.2. The van der Waals surface area contributed by atoms with Crippen LogP contribution in [0.3, 0.4) is 0 Å². The van der Waals surface area contributed by atoms with Gasteiger partial charge in [0.1, 0.15) is 0 Å². The van der Waals surface area contributed by atoms with Crippen molar-refractivity contribution >= 4 is 9.84 Å². The molecule has 0 aromatic carbocycles. The predicted octanol–water partition coefficient (Wildman–Crippen LogP) is 0.743. The summed E-state index contributed by atoms with van der Waals surface area (Å²) in [5.41, 5.74) is 0. The van der Waals surface area contributed by atoms with E-state index in [9.17, 15) is 8.42 Å². The highest BCUT2D eigenvalue weighted by Gasteiger charge is 2.14. The molecular weight excluding hydrogens is 236 g/mol. The fraction of sp³-hybridized carbons (Fsp3) is 1.00. The fourth-order valence-corrected chi connectivity index (χ4v) is 3.00. The first-order chi connectivity index (χ1) is 8.03. The Morgan fingerprint density at radius 2 is 1.88 bits per heavy atom. The average Bonchev–Trinajstić information content (AvgIpc) is 2.35. The van der Waals surface area contributed by atoms with Crippen molar-refractivity contribution in [1.29, 1.82) is 0 Å². The van der Waals surface area contributed by atoms with Gasteiger partial charge in [-0.2, -0.15) is 0 Å². The smallest absolute Gasteiger partial charge is 0.151 e. The molecule has 1 aliphatic rings. The van der Waals surface area contributed by atoms with Gasteiger partial charge in [-0.05, 0) is 51.9 Å². The second-order valence-corrected chi connectivity index (χ2v) is 7.49. The highest BCUT2D eigenvalue weighted by molar-refractivity contribution is 7.91. The number of hydrogen-bond donors (Lipinski definition) is 1. The summed E-state index contributed by atoms with van der Waals surface area (Å²) in [6.07, 6.45) is 3.73. The van der Waals surface area contributed by atoms with E-state index >= 15 is 0 Å². The van der Waals surface area contributed by atoms with E-state index in [1.807, 2.05) is 7.05 Å². The second-order valence-electron chi connectivity index (χ2n) is 5.02. The Hall–Kier alpha value is -0.130. The molecule has 0 unspecified atom stereocenters. The van der Waals surface area contributed by atoms with E-state index in [0.717, 1.165) is 25.6 Å². The van der Waals surface area contributed by atoms with Gasteiger partial charge in [0.2, 0.25) is 0 Å². The number of rotatable bonds is 7. The minimum atomic E-state index is -2.81. The van der Waals surface area contributed by atoms with Gasteiger partial charge in [-0.1, -0.05) is 6.92 Å². The van der Waals surface area contributed by atoms with Crippen LogP contribution in [-0.2, 0) is 9.84 Å². The Labute approximate surface area is 106 Å². The zero-order chi connectivity index (χ0) is 12.7. The molecule has 0 aliphatic carbocycles. The number of nitrogens with zero attached hydrogens (tertiary/aromatic N) is 1. The molecular formula is C12H26N2O2S. The molecule has 0 radical (unpaired) electrons. The molecule has 5 heteroatoms. The second kappa shape index (κ2) is 7.34. The Morgan fingerprint density at radius 3 is 2.47 bits per heavy atom. The summed E-state index contributed by atoms with van der Waals surface area (Å²) in [5.74, 6) is 1.38. The van der Waals surface area contributed by atoms with Crippen LogP contribution in [0.4, 0.5) is 0 Å². The van der Waals surface area contributed by atoms with Crippen molar-refractivity contribution in [3.63, 3.8) is 0 Å². The van der Waals surface area contributed by atoms with E-state index in [0.29, 0.717) is 12.3 Å². The van der Waals surface area contributed by atoms with Crippen LogP contribution in [0.25, 0.3) is 0 Å². The van der Waals surface area contributed by atoms with Crippen LogP contribution in [0.2, 0.25) is 0 Å². The lowest BCUT2D eigenvalue weighted by Gasteiger charge is -2.25. The number of piperidine rings is 1. The van der Waals surface area contributed by atoms with Crippen LogP contribution < -0.4 is 5.32 Å². The van der Waals surface area contributed by atoms with Gasteiger partial charge in [-0.3, -0.25) is 0 Å². The van der Waals surface area contributed by atoms with Crippen molar-refractivity contribution in [3.05, 3.63) is 0 Å². The molecule has 0 spiro atoms. The van der Waals surface area contributed by atoms with Crippen LogP contribution in [0.15, 0.2) is 0 Å². The van der Waals surface area contributed by atoms with Gasteiger partial charge in [0.05, 0.1) is 5.75 Å². The standard InChI is InChI=1S/C12H26N2O2S/c1-3-17(15,16)11-10-14(2)9-6-12-4-7-13-8-5-12/h12-13H,3-11H2,1-2H3. The van der Waals surface area contributed by atoms with Crippen LogP contribution >= 0.6 is 0 Å². The van der Waals surface area contributed by atoms with E-state index in [4.69, 9.17) is 0 Å². The van der Waals surface area contributed by atoms with E-state index in [-0.39, 0.29) is 5.75 Å². The van der Waals surface area contributed by atoms with Gasteiger partial charge in [0.25, 0.3) is 0 Å². The van der Waals surface area contributed by atoms with Crippen LogP contribution in [0, 0.1) is 5.92 Å². The molecule has 0 aromatic heterocycles. The molecule has 17 heavy (non-hydrogen) atoms. The summed E-state index contributed by atoms with van der Waals surface area (Å²) >= 11 is 0. The fourth-order valence-electron chi connectivity index (χ4n) is 2.12. The number of sulfone groups is 1. The van der Waals surface area contributed by atoms with Crippen molar-refractivity contribution in [2.75, 3.05) is 44.7 Å². The summed E-state index contributed by atoms with van der Waals surface area (Å²) in [6.45, 7) is 5.67. The van der Waals surface area contributed by atoms with Gasteiger partial charge in [-0.15, -0.1) is 0 Å². The van der Waals surface area contributed by atoms with Gasteiger partial charge in [0, 0.05) is 12.3 Å². The zero-order valence-electron chi connectivity index (χ0n) is 11.1. The predicted molar refractivity (Wildman–Crippen MR) is 72.0 cm³/mol. The molecule has 0 saturated carbocycles. The molecule has 4 nitrogen and oxygen atoms in total. The molecule has 0 bridgehead atoms. The molecule has 1 N–H and O–H groups in total. The summed E-state index contributed by atoms with van der Waals surface area (Å²) < 4.78 is 22.7. The maximum atomic E-state index is 11.4. The first-order valence-corrected chi connectivity index (χ1v) is 8.45. The molecule has 102 valence electrons. The zero-order valence-corrected chi connectivity index (χ0v) is 11.9. The molecule has 1 fully saturated rings. The van der Waals surface area contributed by atoms with E-state index in [1.165, 1.54) is 19.3 Å². The summed E-state index contributed by atoms with van der Waals surface area (Å²) in [5, 5.41) is 3.36. The molecule has 1 rings (SSSR count). The van der Waals surface area contributed by atoms with E-state index < -0.39 is 9.84 Å². The summed E-state index contributed by atoms with van der Waals surface area (Å²) in [4.78, 5) is 2.15. The topological polar surface area (TPSA) is 49.4 Å². The van der Waals surface area contributed by atoms with Crippen molar-refractivity contribution in [1.82, 2.24) is 10.2 Å². The lowest BCUT2D eigenvalue weighted by atomic mass is 9.94. The monoisotopic (exact) mass is 262 g/mol. The average molecular weight is 262 g/mol. The van der Waals surface area contributed by atoms with E-state index in [1.54, 1.807) is 6.92 Å². The molecule has 0 atom stereocenters. The Balaban J connectivity index is 2.14. The Kier molecular flexibility index (Phi) is 6.44. The lowest BCUT2D eigenvalue weighted by Crippen LogP contribution is -2.32. The lowest BCUT2D eigenvalue weighted by molar-refractivity contribution is 0.280. The van der Waals surface area contributed by atoms with Crippen molar-refractivity contribution in [2.24, 2.45) is 5.92 Å². The maximum absolute atomic E-state index is 11.4. The molecule has 1 aliphatic heterocycles. The quantitative estimate of drug-likeness (QED) is 0.735. The minimum absolute atomic E-state index is 0.259. The van der Waals surface area contributed by atoms with Crippen molar-refractivity contribution in [3.8, 4) is 0 Å². The van der Waals surface area contributed by atoms with Gasteiger partial charge in [-0.25, -0.2) is 8.42 Å². The molecule has 1 saturated heterocycles. The first-order valence-electron chi connectivity index (χ1n) is 6.63. The van der Waals surface area contributed by atoms with Gasteiger partial charge >= 0.3 is 0 Å². The third-order valence-corrected chi connectivity index (χ3v) is 5.29. The third-order valence-electron chi connectivity index (χ3n) is 3.60. The van der Waals surface area contributed by atoms with Crippen LogP contribution in [-0.4, -0.2) is 58.1 Å². The molecule has 0 amide bonds. The van der Waals surface area contributed by atoms with Gasteiger partial charge in [0.15, 0.2) is 9.84 Å². The number of nitrogens with one attached hydrogen (secondary N) is 1. The Bertz CT molecular complexity index is 298. The van der Waals surface area contributed by atoms with Crippen molar-refractivity contribution < 1.29 is 8.42 Å². The normalized spacial score (nSPS) is 18.8. The van der Waals surface area contributed by atoms with E-state index in [2.05, 4.69) is 10.2 Å². The summed E-state index contributed by atoms with van der Waals surface area (Å²) in [7, 11) is -0.789. The molecule has 0 aromatic rings. The largest absolute Gasteiger partial charge is 0.317 e. The maximum Gasteiger partial charge on any atom is 0.151 e. The Morgan fingerprint density at radius 1 is 1.24 bits per heavy atom. The highest BCUT2D eigenvalue weighted by Crippen LogP contribution is 2.15. The number of hydrogen-bond acceptors (Lipinski definition) is 4. The molecule has 1 heterocycles. The SMILES string of the molecule is CCS(=O)(=O)CCN(C)CCC1CCNCC1.